The lowest BCUT2D eigenvalue weighted by atomic mass is 10.1. The van der Waals surface area contributed by atoms with Crippen molar-refractivity contribution in [3.63, 3.8) is 0 Å². The molecule has 2 amide bonds. The monoisotopic (exact) mass is 326 g/mol. The average molecular weight is 326 g/mol. The van der Waals surface area contributed by atoms with Crippen LogP contribution in [0.1, 0.15) is 13.8 Å². The topological polar surface area (TPSA) is 49.4 Å². The molecule has 2 aromatic carbocycles. The number of nitrogens with one attached hydrogen (secondary N) is 1. The van der Waals surface area contributed by atoms with E-state index in [4.69, 9.17) is 0 Å². The summed E-state index contributed by atoms with van der Waals surface area (Å²) in [7, 11) is 0. The highest BCUT2D eigenvalue weighted by molar-refractivity contribution is 8.02. The Bertz CT molecular complexity index is 748. The highest BCUT2D eigenvalue weighted by Crippen LogP contribution is 2.43. The second-order valence-corrected chi connectivity index (χ2v) is 6.93. The molecule has 1 aliphatic rings. The fourth-order valence-corrected chi connectivity index (χ4v) is 3.77. The van der Waals surface area contributed by atoms with Crippen molar-refractivity contribution in [2.24, 2.45) is 0 Å². The van der Waals surface area contributed by atoms with Gasteiger partial charge in [0.05, 0.1) is 5.69 Å². The van der Waals surface area contributed by atoms with Gasteiger partial charge in [-0.15, -0.1) is 0 Å². The van der Waals surface area contributed by atoms with E-state index in [-0.39, 0.29) is 11.8 Å². The number of rotatable bonds is 3. The maximum atomic E-state index is 13.1. The second kappa shape index (κ2) is 6.08. The van der Waals surface area contributed by atoms with Crippen molar-refractivity contribution in [3.8, 4) is 0 Å². The van der Waals surface area contributed by atoms with E-state index in [2.05, 4.69) is 5.32 Å². The number of anilines is 2. The van der Waals surface area contributed by atoms with E-state index in [1.807, 2.05) is 61.5 Å². The summed E-state index contributed by atoms with van der Waals surface area (Å²) in [6, 6.07) is 17.0. The molecule has 23 heavy (non-hydrogen) atoms. The van der Waals surface area contributed by atoms with Crippen molar-refractivity contribution in [3.05, 3.63) is 54.6 Å². The molecular formula is C18H18N2O2S. The minimum absolute atomic E-state index is 0.205. The highest BCUT2D eigenvalue weighted by atomic mass is 32.2. The molecule has 0 bridgehead atoms. The van der Waals surface area contributed by atoms with E-state index in [9.17, 15) is 9.59 Å². The number of amides is 2. The number of hydrogen-bond donors (Lipinski definition) is 1. The van der Waals surface area contributed by atoms with Gasteiger partial charge in [-0.05, 0) is 38.1 Å². The van der Waals surface area contributed by atoms with Gasteiger partial charge < -0.3 is 10.2 Å². The average Bonchev–Trinajstić information content (AvgIpc) is 2.57. The van der Waals surface area contributed by atoms with Gasteiger partial charge in [0, 0.05) is 17.1 Å². The molecule has 0 spiro atoms. The SMILES string of the molecule is CCN(C(=O)C1(C)Sc2ccccc2NC1=O)c1ccccc1. The van der Waals surface area contributed by atoms with Crippen LogP contribution in [0.15, 0.2) is 59.5 Å². The van der Waals surface area contributed by atoms with E-state index >= 15 is 0 Å². The first-order valence-corrected chi connectivity index (χ1v) is 8.34. The Labute approximate surface area is 139 Å². The van der Waals surface area contributed by atoms with Gasteiger partial charge >= 0.3 is 0 Å². The molecule has 0 aliphatic carbocycles. The van der Waals surface area contributed by atoms with E-state index in [1.54, 1.807) is 11.8 Å². The van der Waals surface area contributed by atoms with Gasteiger partial charge in [-0.2, -0.15) is 0 Å². The van der Waals surface area contributed by atoms with E-state index in [0.717, 1.165) is 16.3 Å². The van der Waals surface area contributed by atoms with Crippen molar-refractivity contribution in [1.82, 2.24) is 0 Å². The molecule has 5 heteroatoms. The zero-order chi connectivity index (χ0) is 16.4. The Kier molecular flexibility index (Phi) is 4.13. The largest absolute Gasteiger partial charge is 0.323 e. The third-order valence-corrected chi connectivity index (χ3v) is 5.26. The maximum absolute atomic E-state index is 13.1. The van der Waals surface area contributed by atoms with Crippen LogP contribution in [0, 0.1) is 0 Å². The molecule has 3 rings (SSSR count). The summed E-state index contributed by atoms with van der Waals surface area (Å²) in [5, 5.41) is 2.85. The molecule has 2 aromatic rings. The summed E-state index contributed by atoms with van der Waals surface area (Å²) in [4.78, 5) is 28.3. The number of thioether (sulfide) groups is 1. The first-order chi connectivity index (χ1) is 11.1. The van der Waals surface area contributed by atoms with Gasteiger partial charge in [0.25, 0.3) is 5.91 Å². The number of carbonyl (C=O) groups excluding carboxylic acids is 2. The highest BCUT2D eigenvalue weighted by Gasteiger charge is 2.47. The van der Waals surface area contributed by atoms with Gasteiger partial charge in [0.1, 0.15) is 0 Å². The lowest BCUT2D eigenvalue weighted by molar-refractivity contribution is -0.128. The van der Waals surface area contributed by atoms with Crippen LogP contribution in [0.3, 0.4) is 0 Å². The molecule has 0 saturated carbocycles. The van der Waals surface area contributed by atoms with E-state index in [0.29, 0.717) is 6.54 Å². The normalized spacial score (nSPS) is 19.7. The molecule has 1 atom stereocenters. The van der Waals surface area contributed by atoms with Crippen LogP contribution in [0.4, 0.5) is 11.4 Å². The Hall–Kier alpha value is -2.27. The zero-order valence-corrected chi connectivity index (χ0v) is 13.9. The summed E-state index contributed by atoms with van der Waals surface area (Å²) in [6.07, 6.45) is 0. The first-order valence-electron chi connectivity index (χ1n) is 7.53. The van der Waals surface area contributed by atoms with Gasteiger partial charge in [0.15, 0.2) is 4.75 Å². The Morgan fingerprint density at radius 3 is 2.48 bits per heavy atom. The summed E-state index contributed by atoms with van der Waals surface area (Å²) >= 11 is 1.31. The van der Waals surface area contributed by atoms with Gasteiger partial charge in [0.2, 0.25) is 5.91 Å². The molecule has 0 radical (unpaired) electrons. The van der Waals surface area contributed by atoms with Crippen molar-refractivity contribution < 1.29 is 9.59 Å². The lowest BCUT2D eigenvalue weighted by Crippen LogP contribution is -2.53. The summed E-state index contributed by atoms with van der Waals surface area (Å²) < 4.78 is -1.18. The smallest absolute Gasteiger partial charge is 0.252 e. The number of hydrogen-bond acceptors (Lipinski definition) is 3. The molecule has 118 valence electrons. The molecule has 1 aliphatic heterocycles. The van der Waals surface area contributed by atoms with Crippen LogP contribution >= 0.6 is 11.8 Å². The van der Waals surface area contributed by atoms with E-state index < -0.39 is 4.75 Å². The molecule has 4 nitrogen and oxygen atoms in total. The van der Waals surface area contributed by atoms with Crippen LogP contribution < -0.4 is 10.2 Å². The van der Waals surface area contributed by atoms with Gasteiger partial charge in [-0.1, -0.05) is 42.1 Å². The van der Waals surface area contributed by atoms with Crippen molar-refractivity contribution >= 4 is 35.0 Å². The molecule has 1 N–H and O–H groups in total. The Morgan fingerprint density at radius 2 is 1.78 bits per heavy atom. The molecule has 0 aromatic heterocycles. The lowest BCUT2D eigenvalue weighted by Gasteiger charge is -2.35. The van der Waals surface area contributed by atoms with Crippen LogP contribution in [-0.2, 0) is 9.59 Å². The molecule has 1 unspecified atom stereocenters. The van der Waals surface area contributed by atoms with Crippen LogP contribution in [-0.4, -0.2) is 23.1 Å². The molecule has 0 saturated heterocycles. The second-order valence-electron chi connectivity index (χ2n) is 5.47. The minimum atomic E-state index is -1.18. The predicted molar refractivity (Wildman–Crippen MR) is 93.8 cm³/mol. The first kappa shape index (κ1) is 15.6. The number of nitrogens with zero attached hydrogens (tertiary/aromatic N) is 1. The number of fused-ring (bicyclic) bond motifs is 1. The summed E-state index contributed by atoms with van der Waals surface area (Å²) in [5.74, 6) is -0.483. The van der Waals surface area contributed by atoms with Crippen LogP contribution in [0.5, 0.6) is 0 Å². The van der Waals surface area contributed by atoms with Crippen molar-refractivity contribution in [2.45, 2.75) is 23.5 Å². The van der Waals surface area contributed by atoms with Crippen LogP contribution in [0.25, 0.3) is 0 Å². The quantitative estimate of drug-likeness (QED) is 0.878. The molecule has 0 fully saturated rings. The fraction of sp³-hybridized carbons (Fsp3) is 0.222. The number of carbonyl (C=O) groups is 2. The third-order valence-electron chi connectivity index (χ3n) is 3.92. The van der Waals surface area contributed by atoms with Crippen molar-refractivity contribution in [2.75, 3.05) is 16.8 Å². The molecular weight excluding hydrogens is 308 g/mol. The predicted octanol–water partition coefficient (Wildman–Crippen LogP) is 3.54. The van der Waals surface area contributed by atoms with Crippen molar-refractivity contribution in [1.29, 1.82) is 0 Å². The maximum Gasteiger partial charge on any atom is 0.252 e. The Balaban J connectivity index is 1.96. The van der Waals surface area contributed by atoms with E-state index in [1.165, 1.54) is 11.8 Å². The summed E-state index contributed by atoms with van der Waals surface area (Å²) in [5.41, 5.74) is 1.56. The van der Waals surface area contributed by atoms with Gasteiger partial charge in [-0.3, -0.25) is 9.59 Å². The number of benzene rings is 2. The summed E-state index contributed by atoms with van der Waals surface area (Å²) in [6.45, 7) is 4.11. The Morgan fingerprint density at radius 1 is 1.13 bits per heavy atom. The van der Waals surface area contributed by atoms with Crippen LogP contribution in [0.2, 0.25) is 0 Å². The number of para-hydroxylation sites is 2. The molecule has 1 heterocycles. The third kappa shape index (κ3) is 2.72. The standard InChI is InChI=1S/C18H18N2O2S/c1-3-20(13-9-5-4-6-10-13)17(22)18(2)16(21)19-14-11-7-8-12-15(14)23-18/h4-12H,3H2,1-2H3,(H,19,21). The fourth-order valence-electron chi connectivity index (χ4n) is 2.62. The minimum Gasteiger partial charge on any atom is -0.323 e. The zero-order valence-electron chi connectivity index (χ0n) is 13.1. The van der Waals surface area contributed by atoms with Gasteiger partial charge in [-0.25, -0.2) is 0 Å².